The Morgan fingerprint density at radius 2 is 1.87 bits per heavy atom. The maximum absolute atomic E-state index is 13.1. The lowest BCUT2D eigenvalue weighted by Gasteiger charge is -2.27. The molecule has 3 amide bonds. The van der Waals surface area contributed by atoms with Gasteiger partial charge in [0.2, 0.25) is 0 Å². The summed E-state index contributed by atoms with van der Waals surface area (Å²) in [6, 6.07) is 16.2. The molecule has 1 atom stereocenters. The van der Waals surface area contributed by atoms with E-state index in [-0.39, 0.29) is 18.4 Å². The molecule has 0 aromatic heterocycles. The third-order valence-electron chi connectivity index (χ3n) is 6.71. The number of nitrogens with one attached hydrogen (secondary N) is 2. The number of anilines is 1. The van der Waals surface area contributed by atoms with Crippen molar-refractivity contribution in [1.29, 1.82) is 5.26 Å². The van der Waals surface area contributed by atoms with Crippen LogP contribution in [0.5, 0.6) is 5.75 Å². The van der Waals surface area contributed by atoms with Crippen molar-refractivity contribution >= 4 is 23.4 Å². The van der Waals surface area contributed by atoms with Crippen LogP contribution in [0, 0.1) is 29.1 Å². The normalized spacial score (nSPS) is 17.6. The number of nitriles is 1. The molecule has 196 valence electrons. The minimum absolute atomic E-state index is 0.0918. The number of likely N-dealkylation sites (N-methyl/N-ethyl adjacent to an activating group) is 1. The highest BCUT2D eigenvalue weighted by molar-refractivity contribution is 6.35. The Hall–Kier alpha value is -4.34. The van der Waals surface area contributed by atoms with Crippen molar-refractivity contribution in [2.75, 3.05) is 44.7 Å². The van der Waals surface area contributed by atoms with Crippen LogP contribution in [-0.2, 0) is 20.8 Å². The van der Waals surface area contributed by atoms with E-state index in [1.54, 1.807) is 19.2 Å². The van der Waals surface area contributed by atoms with Gasteiger partial charge in [-0.15, -0.1) is 0 Å². The molecule has 2 aliphatic heterocycles. The van der Waals surface area contributed by atoms with Gasteiger partial charge in [0.05, 0.1) is 18.3 Å². The third-order valence-corrected chi connectivity index (χ3v) is 6.71. The van der Waals surface area contributed by atoms with E-state index in [0.717, 1.165) is 37.1 Å². The molecule has 0 saturated carbocycles. The van der Waals surface area contributed by atoms with Gasteiger partial charge in [0.15, 0.2) is 0 Å². The minimum Gasteiger partial charge on any atom is -0.489 e. The third kappa shape index (κ3) is 6.90. The molecule has 2 aromatic carbocycles. The molecule has 2 heterocycles. The zero-order valence-corrected chi connectivity index (χ0v) is 21.4. The zero-order chi connectivity index (χ0) is 26.9. The Kier molecular flexibility index (Phi) is 8.97. The highest BCUT2D eigenvalue weighted by Crippen LogP contribution is 2.31. The van der Waals surface area contributed by atoms with Gasteiger partial charge in [-0.3, -0.25) is 19.3 Å². The van der Waals surface area contributed by atoms with E-state index < -0.39 is 17.9 Å². The quantitative estimate of drug-likeness (QED) is 0.356. The first-order valence-electron chi connectivity index (χ1n) is 12.7. The lowest BCUT2D eigenvalue weighted by molar-refractivity contribution is -0.140. The molecule has 2 aliphatic rings. The molecule has 2 aromatic rings. The number of nitrogens with zero attached hydrogens (tertiary/aromatic N) is 3. The molecular weight excluding hydrogens is 482 g/mol. The van der Waals surface area contributed by atoms with E-state index >= 15 is 0 Å². The van der Waals surface area contributed by atoms with Crippen LogP contribution < -0.4 is 20.3 Å². The molecule has 1 fully saturated rings. The molecule has 0 spiro atoms. The zero-order valence-electron chi connectivity index (χ0n) is 21.4. The second-order valence-electron chi connectivity index (χ2n) is 9.39. The monoisotopic (exact) mass is 513 g/mol. The number of likely N-dealkylation sites (tertiary alicyclic amines) is 1. The number of carbonyl (C=O) groups excluding carboxylic acids is 3. The molecule has 0 unspecified atom stereocenters. The van der Waals surface area contributed by atoms with Crippen LogP contribution in [-0.4, -0.2) is 68.5 Å². The summed E-state index contributed by atoms with van der Waals surface area (Å²) >= 11 is 0. The number of ether oxygens (including phenoxy) is 1. The number of hydrogen-bond donors (Lipinski definition) is 2. The lowest BCUT2D eigenvalue weighted by atomic mass is 9.97. The number of piperidine rings is 1. The van der Waals surface area contributed by atoms with E-state index in [9.17, 15) is 14.4 Å². The van der Waals surface area contributed by atoms with E-state index in [4.69, 9.17) is 10.00 Å². The van der Waals surface area contributed by atoms with E-state index in [1.165, 1.54) is 4.90 Å². The summed E-state index contributed by atoms with van der Waals surface area (Å²) in [6.45, 7) is 2.39. The largest absolute Gasteiger partial charge is 0.489 e. The predicted molar refractivity (Wildman–Crippen MR) is 142 cm³/mol. The van der Waals surface area contributed by atoms with Crippen molar-refractivity contribution < 1.29 is 19.1 Å². The van der Waals surface area contributed by atoms with Crippen molar-refractivity contribution in [3.05, 3.63) is 59.7 Å². The summed E-state index contributed by atoms with van der Waals surface area (Å²) in [7, 11) is 1.61. The Morgan fingerprint density at radius 1 is 1.11 bits per heavy atom. The molecule has 4 rings (SSSR count). The number of carbonyl (C=O) groups is 3. The fraction of sp³-hybridized carbons (Fsp3) is 0.379. The van der Waals surface area contributed by atoms with E-state index in [1.807, 2.05) is 36.4 Å². The topological polar surface area (TPSA) is 115 Å². The fourth-order valence-corrected chi connectivity index (χ4v) is 4.47. The standard InChI is InChI=1S/C29H31N5O4/c1-33-25-19-23(8-7-22-12-16-34(17-13-22)18-14-30)9-10-26(25)38-20-24(29(33)37)32-28(36)27(35)31-15-11-21-5-3-2-4-6-21/h2-6,9-10,19,22,24H,11-13,15-18,20H2,1H3,(H,31,35)(H,32,36)/t24-/m0/s1. The second kappa shape index (κ2) is 12.8. The van der Waals surface area contributed by atoms with E-state index in [0.29, 0.717) is 30.9 Å². The van der Waals surface area contributed by atoms with Crippen molar-refractivity contribution in [2.24, 2.45) is 5.92 Å². The van der Waals surface area contributed by atoms with Crippen LogP contribution in [0.3, 0.4) is 0 Å². The van der Waals surface area contributed by atoms with Crippen LogP contribution in [0.15, 0.2) is 48.5 Å². The molecule has 9 heteroatoms. The highest BCUT2D eigenvalue weighted by atomic mass is 16.5. The van der Waals surface area contributed by atoms with Gasteiger partial charge < -0.3 is 20.3 Å². The molecule has 0 bridgehead atoms. The van der Waals surface area contributed by atoms with Gasteiger partial charge in [0.1, 0.15) is 18.4 Å². The van der Waals surface area contributed by atoms with Crippen molar-refractivity contribution in [1.82, 2.24) is 15.5 Å². The van der Waals surface area contributed by atoms with Gasteiger partial charge in [-0.25, -0.2) is 0 Å². The Balaban J connectivity index is 1.33. The first-order valence-corrected chi connectivity index (χ1v) is 12.7. The van der Waals surface area contributed by atoms with Gasteiger partial charge in [-0.2, -0.15) is 5.26 Å². The number of rotatable bonds is 5. The average Bonchev–Trinajstić information content (AvgIpc) is 3.05. The lowest BCUT2D eigenvalue weighted by Crippen LogP contribution is -2.53. The number of amides is 3. The van der Waals surface area contributed by atoms with Gasteiger partial charge in [-0.05, 0) is 43.0 Å². The number of benzene rings is 2. The van der Waals surface area contributed by atoms with E-state index in [2.05, 4.69) is 33.4 Å². The van der Waals surface area contributed by atoms with Crippen LogP contribution in [0.2, 0.25) is 0 Å². The summed E-state index contributed by atoms with van der Waals surface area (Å²) in [5, 5.41) is 13.9. The first kappa shape index (κ1) is 26.7. The maximum atomic E-state index is 13.1. The van der Waals surface area contributed by atoms with Crippen LogP contribution in [0.1, 0.15) is 24.0 Å². The number of fused-ring (bicyclic) bond motifs is 1. The molecule has 2 N–H and O–H groups in total. The van der Waals surface area contributed by atoms with Crippen LogP contribution >= 0.6 is 0 Å². The summed E-state index contributed by atoms with van der Waals surface area (Å²) < 4.78 is 5.82. The Labute approximate surface area is 222 Å². The van der Waals surface area contributed by atoms with Crippen LogP contribution in [0.4, 0.5) is 5.69 Å². The van der Waals surface area contributed by atoms with Crippen LogP contribution in [0.25, 0.3) is 0 Å². The van der Waals surface area contributed by atoms with Gasteiger partial charge in [0.25, 0.3) is 5.91 Å². The van der Waals surface area contributed by atoms with Crippen molar-refractivity contribution in [2.45, 2.75) is 25.3 Å². The van der Waals surface area contributed by atoms with Gasteiger partial charge in [-0.1, -0.05) is 42.2 Å². The minimum atomic E-state index is -1.01. The molecular formula is C29H31N5O4. The van der Waals surface area contributed by atoms with Crippen molar-refractivity contribution in [3.8, 4) is 23.7 Å². The predicted octanol–water partition coefficient (Wildman–Crippen LogP) is 1.47. The summed E-state index contributed by atoms with van der Waals surface area (Å²) in [5.41, 5.74) is 2.35. The van der Waals surface area contributed by atoms with Gasteiger partial charge >= 0.3 is 11.8 Å². The van der Waals surface area contributed by atoms with Gasteiger partial charge in [0, 0.05) is 38.2 Å². The summed E-state index contributed by atoms with van der Waals surface area (Å²) in [5.74, 6) is 5.22. The molecule has 0 aliphatic carbocycles. The Bertz CT molecular complexity index is 1270. The Morgan fingerprint density at radius 3 is 2.61 bits per heavy atom. The molecule has 38 heavy (non-hydrogen) atoms. The molecule has 1 saturated heterocycles. The number of hydrogen-bond acceptors (Lipinski definition) is 6. The SMILES string of the molecule is CN1C(=O)[C@@H](NC(=O)C(=O)NCCc2ccccc2)COc2ccc(C#CC3CCN(CC#N)CC3)cc21. The first-order chi connectivity index (χ1) is 18.4. The van der Waals surface area contributed by atoms with Crippen molar-refractivity contribution in [3.63, 3.8) is 0 Å². The maximum Gasteiger partial charge on any atom is 0.310 e. The fourth-order valence-electron chi connectivity index (χ4n) is 4.47. The highest BCUT2D eigenvalue weighted by Gasteiger charge is 2.32. The molecule has 9 nitrogen and oxygen atoms in total. The summed E-state index contributed by atoms with van der Waals surface area (Å²) in [4.78, 5) is 41.4. The smallest absolute Gasteiger partial charge is 0.310 e. The summed E-state index contributed by atoms with van der Waals surface area (Å²) in [6.07, 6.45) is 2.43. The second-order valence-corrected chi connectivity index (χ2v) is 9.39. The molecule has 0 radical (unpaired) electrons. The average molecular weight is 514 g/mol.